The molecule has 22 heavy (non-hydrogen) atoms. The first-order valence-electron chi connectivity index (χ1n) is 7.59. The normalized spacial score (nSPS) is 16.0. The van der Waals surface area contributed by atoms with Crippen LogP contribution in [0.15, 0.2) is 30.6 Å². The van der Waals surface area contributed by atoms with Gasteiger partial charge in [-0.25, -0.2) is 4.98 Å². The zero-order valence-corrected chi connectivity index (χ0v) is 12.7. The first-order valence-corrected chi connectivity index (χ1v) is 7.59. The number of nitrogens with one attached hydrogen (secondary N) is 1. The Balaban J connectivity index is 1.56. The number of imidazole rings is 1. The number of nitrogens with zero attached hydrogens (tertiary/aromatic N) is 3. The summed E-state index contributed by atoms with van der Waals surface area (Å²) < 4.78 is 1.97. The summed E-state index contributed by atoms with van der Waals surface area (Å²) in [5.41, 5.74) is 1.02. The number of hydrogen-bond donors (Lipinski definition) is 1. The van der Waals surface area contributed by atoms with Crippen molar-refractivity contribution in [1.82, 2.24) is 19.6 Å². The van der Waals surface area contributed by atoms with Gasteiger partial charge in [-0.15, -0.1) is 0 Å². The quantitative estimate of drug-likeness (QED) is 0.926. The van der Waals surface area contributed by atoms with Crippen molar-refractivity contribution in [3.05, 3.63) is 36.4 Å². The van der Waals surface area contributed by atoms with Crippen molar-refractivity contribution in [3.63, 3.8) is 0 Å². The summed E-state index contributed by atoms with van der Waals surface area (Å²) in [7, 11) is 0. The van der Waals surface area contributed by atoms with Gasteiger partial charge in [0.1, 0.15) is 5.82 Å². The molecular weight excluding hydrogens is 280 g/mol. The molecule has 1 fully saturated rings. The van der Waals surface area contributed by atoms with E-state index in [1.165, 1.54) is 0 Å². The van der Waals surface area contributed by atoms with E-state index in [1.54, 1.807) is 18.0 Å². The fraction of sp³-hybridized carbons (Fsp3) is 0.438. The van der Waals surface area contributed by atoms with E-state index in [9.17, 15) is 9.59 Å². The number of pyridine rings is 1. The molecule has 1 saturated heterocycles. The smallest absolute Gasteiger partial charge is 0.223 e. The highest BCUT2D eigenvalue weighted by Crippen LogP contribution is 2.17. The van der Waals surface area contributed by atoms with Gasteiger partial charge in [-0.2, -0.15) is 0 Å². The predicted molar refractivity (Wildman–Crippen MR) is 82.0 cm³/mol. The maximum atomic E-state index is 12.3. The fourth-order valence-corrected chi connectivity index (χ4v) is 2.90. The maximum Gasteiger partial charge on any atom is 0.223 e. The molecule has 1 aliphatic heterocycles. The second-order valence-corrected chi connectivity index (χ2v) is 5.67. The predicted octanol–water partition coefficient (Wildman–Crippen LogP) is 1.21. The van der Waals surface area contributed by atoms with Crippen LogP contribution >= 0.6 is 0 Å². The minimum Gasteiger partial charge on any atom is -0.349 e. The molecule has 1 N–H and O–H groups in total. The van der Waals surface area contributed by atoms with Gasteiger partial charge in [0.25, 0.3) is 0 Å². The highest BCUT2D eigenvalue weighted by molar-refractivity contribution is 5.79. The van der Waals surface area contributed by atoms with Crippen molar-refractivity contribution in [2.45, 2.75) is 26.3 Å². The zero-order chi connectivity index (χ0) is 15.5. The average molecular weight is 300 g/mol. The van der Waals surface area contributed by atoms with E-state index >= 15 is 0 Å². The van der Waals surface area contributed by atoms with Gasteiger partial charge in [0.05, 0.1) is 18.3 Å². The lowest BCUT2D eigenvalue weighted by Crippen LogP contribution is -2.42. The number of fused-ring (bicyclic) bond motifs is 1. The molecule has 1 aliphatic rings. The third kappa shape index (κ3) is 2.95. The SMILES string of the molecule is CC(=O)N1CCC(C(=O)NCc2ncc3ccccn23)CC1. The van der Waals surface area contributed by atoms with E-state index < -0.39 is 0 Å². The molecule has 0 aromatic carbocycles. The van der Waals surface area contributed by atoms with Crippen LogP contribution in [0.3, 0.4) is 0 Å². The summed E-state index contributed by atoms with van der Waals surface area (Å²) in [6, 6.07) is 5.88. The maximum absolute atomic E-state index is 12.3. The largest absolute Gasteiger partial charge is 0.349 e. The number of piperidine rings is 1. The van der Waals surface area contributed by atoms with Crippen LogP contribution < -0.4 is 5.32 Å². The second-order valence-electron chi connectivity index (χ2n) is 5.67. The van der Waals surface area contributed by atoms with Crippen molar-refractivity contribution in [2.24, 2.45) is 5.92 Å². The molecule has 0 atom stereocenters. The second kappa shape index (κ2) is 6.17. The van der Waals surface area contributed by atoms with E-state index in [4.69, 9.17) is 0 Å². The molecule has 0 saturated carbocycles. The van der Waals surface area contributed by atoms with Crippen LogP contribution in [0.2, 0.25) is 0 Å². The Labute approximate surface area is 129 Å². The summed E-state index contributed by atoms with van der Waals surface area (Å²) in [5.74, 6) is 0.950. The molecular formula is C16H20N4O2. The molecule has 0 bridgehead atoms. The molecule has 0 radical (unpaired) electrons. The van der Waals surface area contributed by atoms with Crippen molar-refractivity contribution in [1.29, 1.82) is 0 Å². The van der Waals surface area contributed by atoms with E-state index in [0.717, 1.165) is 24.2 Å². The Morgan fingerprint density at radius 3 is 2.82 bits per heavy atom. The monoisotopic (exact) mass is 300 g/mol. The fourth-order valence-electron chi connectivity index (χ4n) is 2.90. The topological polar surface area (TPSA) is 66.7 Å². The number of likely N-dealkylation sites (tertiary alicyclic amines) is 1. The Morgan fingerprint density at radius 1 is 1.32 bits per heavy atom. The van der Waals surface area contributed by atoms with E-state index in [-0.39, 0.29) is 17.7 Å². The van der Waals surface area contributed by atoms with Crippen LogP contribution in [-0.2, 0) is 16.1 Å². The van der Waals surface area contributed by atoms with E-state index in [2.05, 4.69) is 10.3 Å². The van der Waals surface area contributed by atoms with Crippen LogP contribution in [-0.4, -0.2) is 39.2 Å². The summed E-state index contributed by atoms with van der Waals surface area (Å²) >= 11 is 0. The number of hydrogen-bond acceptors (Lipinski definition) is 3. The Hall–Kier alpha value is -2.37. The molecule has 2 aromatic rings. The molecule has 3 heterocycles. The average Bonchev–Trinajstić information content (AvgIpc) is 2.96. The summed E-state index contributed by atoms with van der Waals surface area (Å²) in [6.07, 6.45) is 5.20. The number of amides is 2. The van der Waals surface area contributed by atoms with Gasteiger partial charge >= 0.3 is 0 Å². The number of rotatable bonds is 3. The van der Waals surface area contributed by atoms with Crippen molar-refractivity contribution in [3.8, 4) is 0 Å². The zero-order valence-electron chi connectivity index (χ0n) is 12.7. The van der Waals surface area contributed by atoms with Gasteiger partial charge in [0, 0.05) is 32.1 Å². The summed E-state index contributed by atoms with van der Waals surface area (Å²) in [6.45, 7) is 3.33. The van der Waals surface area contributed by atoms with Crippen LogP contribution in [0.1, 0.15) is 25.6 Å². The van der Waals surface area contributed by atoms with Crippen LogP contribution in [0.25, 0.3) is 5.52 Å². The minimum atomic E-state index is -0.0122. The molecule has 3 rings (SSSR count). The lowest BCUT2D eigenvalue weighted by molar-refractivity contribution is -0.134. The first kappa shape index (κ1) is 14.6. The Kier molecular flexibility index (Phi) is 4.09. The molecule has 2 aromatic heterocycles. The number of carbonyl (C=O) groups is 2. The molecule has 116 valence electrons. The van der Waals surface area contributed by atoms with Crippen LogP contribution in [0.4, 0.5) is 0 Å². The molecule has 6 heteroatoms. The number of aromatic nitrogens is 2. The molecule has 0 aliphatic carbocycles. The summed E-state index contributed by atoms with van der Waals surface area (Å²) in [5, 5.41) is 2.97. The standard InChI is InChI=1S/C16H20N4O2/c1-12(21)19-8-5-13(6-9-19)16(22)18-11-15-17-10-14-4-2-3-7-20(14)15/h2-4,7,10,13H,5-6,8-9,11H2,1H3,(H,18,22). The third-order valence-corrected chi connectivity index (χ3v) is 4.25. The molecule has 0 unspecified atom stereocenters. The van der Waals surface area contributed by atoms with Gasteiger partial charge in [0.2, 0.25) is 11.8 Å². The third-order valence-electron chi connectivity index (χ3n) is 4.25. The van der Waals surface area contributed by atoms with Crippen molar-refractivity contribution >= 4 is 17.3 Å². The lowest BCUT2D eigenvalue weighted by atomic mass is 9.96. The summed E-state index contributed by atoms with van der Waals surface area (Å²) in [4.78, 5) is 29.7. The van der Waals surface area contributed by atoms with Gasteiger partial charge in [-0.05, 0) is 25.0 Å². The van der Waals surface area contributed by atoms with Gasteiger partial charge in [-0.3, -0.25) is 9.59 Å². The van der Waals surface area contributed by atoms with Crippen LogP contribution in [0.5, 0.6) is 0 Å². The van der Waals surface area contributed by atoms with Gasteiger partial charge in [-0.1, -0.05) is 6.07 Å². The van der Waals surface area contributed by atoms with Crippen molar-refractivity contribution in [2.75, 3.05) is 13.1 Å². The highest BCUT2D eigenvalue weighted by Gasteiger charge is 2.25. The molecule has 0 spiro atoms. The van der Waals surface area contributed by atoms with Crippen LogP contribution in [0, 0.1) is 5.92 Å². The number of carbonyl (C=O) groups excluding carboxylic acids is 2. The molecule has 6 nitrogen and oxygen atoms in total. The van der Waals surface area contributed by atoms with Gasteiger partial charge in [0.15, 0.2) is 0 Å². The van der Waals surface area contributed by atoms with E-state index in [1.807, 2.05) is 28.8 Å². The Bertz CT molecular complexity index is 686. The molecule has 2 amide bonds. The highest BCUT2D eigenvalue weighted by atomic mass is 16.2. The Morgan fingerprint density at radius 2 is 2.09 bits per heavy atom. The van der Waals surface area contributed by atoms with Gasteiger partial charge < -0.3 is 14.6 Å². The van der Waals surface area contributed by atoms with Crippen molar-refractivity contribution < 1.29 is 9.59 Å². The first-order chi connectivity index (χ1) is 10.6. The lowest BCUT2D eigenvalue weighted by Gasteiger charge is -2.30. The minimum absolute atomic E-state index is 0.0122. The van der Waals surface area contributed by atoms with E-state index in [0.29, 0.717) is 19.6 Å².